The van der Waals surface area contributed by atoms with Gasteiger partial charge in [0.2, 0.25) is 0 Å². The monoisotopic (exact) mass is 207 g/mol. The molecule has 0 aliphatic rings. The van der Waals surface area contributed by atoms with Crippen molar-refractivity contribution < 1.29 is 9.31 Å². The number of aromatic nitrogens is 2. The molecule has 5 nitrogen and oxygen atoms in total. The number of nitro benzene ring substituents is 1. The summed E-state index contributed by atoms with van der Waals surface area (Å²) in [5, 5.41) is 10.7. The summed E-state index contributed by atoms with van der Waals surface area (Å²) in [5.74, 6) is -0.524. The summed E-state index contributed by atoms with van der Waals surface area (Å²) in [6.45, 7) is 0. The summed E-state index contributed by atoms with van der Waals surface area (Å²) in [6.07, 6.45) is 4.36. The van der Waals surface area contributed by atoms with Crippen LogP contribution in [0.4, 0.5) is 10.1 Å². The fraction of sp³-hybridized carbons (Fsp3) is 0. The van der Waals surface area contributed by atoms with Gasteiger partial charge in [0, 0.05) is 24.5 Å². The number of imidazole rings is 1. The molecular weight excluding hydrogens is 201 g/mol. The topological polar surface area (TPSA) is 61.0 Å². The van der Waals surface area contributed by atoms with Crippen LogP contribution in [0.3, 0.4) is 0 Å². The van der Waals surface area contributed by atoms with E-state index in [-0.39, 0.29) is 11.4 Å². The molecule has 2 aromatic rings. The first kappa shape index (κ1) is 9.32. The maximum atomic E-state index is 12.9. The van der Waals surface area contributed by atoms with E-state index in [1.807, 2.05) is 0 Å². The zero-order valence-corrected chi connectivity index (χ0v) is 7.50. The van der Waals surface area contributed by atoms with Crippen LogP contribution in [0.5, 0.6) is 0 Å². The number of benzene rings is 1. The van der Waals surface area contributed by atoms with Crippen LogP contribution >= 0.6 is 0 Å². The van der Waals surface area contributed by atoms with Gasteiger partial charge in [0.05, 0.1) is 11.3 Å². The van der Waals surface area contributed by atoms with E-state index >= 15 is 0 Å². The van der Waals surface area contributed by atoms with Crippen LogP contribution in [0.25, 0.3) is 5.69 Å². The smallest absolute Gasteiger partial charge is 0.293 e. The lowest BCUT2D eigenvalue weighted by molar-refractivity contribution is -0.384. The van der Waals surface area contributed by atoms with Crippen LogP contribution in [0.2, 0.25) is 0 Å². The van der Waals surface area contributed by atoms with E-state index in [1.165, 1.54) is 23.3 Å². The Labute approximate surface area is 83.9 Å². The summed E-state index contributed by atoms with van der Waals surface area (Å²) in [5.41, 5.74) is 0.00639. The molecule has 6 heteroatoms. The lowest BCUT2D eigenvalue weighted by Gasteiger charge is -2.02. The number of hydrogen-bond donors (Lipinski definition) is 0. The third-order valence-electron chi connectivity index (χ3n) is 1.92. The van der Waals surface area contributed by atoms with Crippen molar-refractivity contribution in [2.45, 2.75) is 0 Å². The van der Waals surface area contributed by atoms with E-state index < -0.39 is 10.7 Å². The maximum Gasteiger partial charge on any atom is 0.293 e. The zero-order chi connectivity index (χ0) is 10.8. The second-order valence-electron chi connectivity index (χ2n) is 2.86. The quantitative estimate of drug-likeness (QED) is 0.558. The molecule has 0 amide bonds. The maximum absolute atomic E-state index is 12.9. The van der Waals surface area contributed by atoms with E-state index in [9.17, 15) is 14.5 Å². The summed E-state index contributed by atoms with van der Waals surface area (Å²) in [7, 11) is 0. The van der Waals surface area contributed by atoms with E-state index in [0.717, 1.165) is 18.2 Å². The van der Waals surface area contributed by atoms with Gasteiger partial charge in [-0.1, -0.05) is 0 Å². The second kappa shape index (κ2) is 3.49. The van der Waals surface area contributed by atoms with E-state index in [2.05, 4.69) is 4.98 Å². The standard InChI is InChI=1S/C9H6FN3O2/c10-7-1-2-8(13(14)15)9(5-7)12-4-3-11-6-12/h1-6H. The van der Waals surface area contributed by atoms with Gasteiger partial charge in [-0.05, 0) is 6.07 Å². The van der Waals surface area contributed by atoms with Gasteiger partial charge in [-0.15, -0.1) is 0 Å². The first-order chi connectivity index (χ1) is 7.18. The Hall–Kier alpha value is -2.24. The molecule has 2 rings (SSSR count). The highest BCUT2D eigenvalue weighted by Crippen LogP contribution is 2.23. The molecule has 0 saturated carbocycles. The van der Waals surface area contributed by atoms with Crippen LogP contribution in [0.1, 0.15) is 0 Å². The Morgan fingerprint density at radius 3 is 2.87 bits per heavy atom. The normalized spacial score (nSPS) is 10.2. The molecule has 0 unspecified atom stereocenters. The first-order valence-corrected chi connectivity index (χ1v) is 4.11. The van der Waals surface area contributed by atoms with Gasteiger partial charge >= 0.3 is 0 Å². The molecule has 0 aliphatic carbocycles. The van der Waals surface area contributed by atoms with Crippen LogP contribution in [0.15, 0.2) is 36.9 Å². The molecule has 0 N–H and O–H groups in total. The number of nitro groups is 1. The van der Waals surface area contributed by atoms with Gasteiger partial charge in [-0.3, -0.25) is 10.1 Å². The minimum absolute atomic E-state index is 0.158. The van der Waals surface area contributed by atoms with Crippen molar-refractivity contribution in [2.75, 3.05) is 0 Å². The van der Waals surface area contributed by atoms with Crippen LogP contribution in [-0.4, -0.2) is 14.5 Å². The third-order valence-corrected chi connectivity index (χ3v) is 1.92. The van der Waals surface area contributed by atoms with Gasteiger partial charge in [0.25, 0.3) is 5.69 Å². The fourth-order valence-electron chi connectivity index (χ4n) is 1.26. The van der Waals surface area contributed by atoms with Crippen molar-refractivity contribution in [1.82, 2.24) is 9.55 Å². The number of rotatable bonds is 2. The molecule has 0 fully saturated rings. The molecule has 1 aromatic heterocycles. The van der Waals surface area contributed by atoms with Crippen molar-refractivity contribution in [3.8, 4) is 5.69 Å². The first-order valence-electron chi connectivity index (χ1n) is 4.11. The van der Waals surface area contributed by atoms with Crippen molar-refractivity contribution in [3.63, 3.8) is 0 Å². The predicted octanol–water partition coefficient (Wildman–Crippen LogP) is 1.92. The molecule has 0 radical (unpaired) electrons. The van der Waals surface area contributed by atoms with E-state index in [4.69, 9.17) is 0 Å². The van der Waals surface area contributed by atoms with Crippen LogP contribution in [0, 0.1) is 15.9 Å². The van der Waals surface area contributed by atoms with Crippen molar-refractivity contribution >= 4 is 5.69 Å². The largest absolute Gasteiger partial charge is 0.300 e. The second-order valence-corrected chi connectivity index (χ2v) is 2.86. The molecular formula is C9H6FN3O2. The van der Waals surface area contributed by atoms with Gasteiger partial charge in [-0.25, -0.2) is 9.37 Å². The Kier molecular flexibility index (Phi) is 2.17. The van der Waals surface area contributed by atoms with E-state index in [0.29, 0.717) is 0 Å². The van der Waals surface area contributed by atoms with Crippen molar-refractivity contribution in [1.29, 1.82) is 0 Å². The molecule has 0 bridgehead atoms. The van der Waals surface area contributed by atoms with E-state index in [1.54, 1.807) is 0 Å². The lowest BCUT2D eigenvalue weighted by Crippen LogP contribution is -1.98. The predicted molar refractivity (Wildman–Crippen MR) is 50.2 cm³/mol. The van der Waals surface area contributed by atoms with Crippen LogP contribution < -0.4 is 0 Å². The number of nitrogens with zero attached hydrogens (tertiary/aromatic N) is 3. The molecule has 15 heavy (non-hydrogen) atoms. The van der Waals surface area contributed by atoms with Crippen molar-refractivity contribution in [2.24, 2.45) is 0 Å². The number of halogens is 1. The minimum Gasteiger partial charge on any atom is -0.300 e. The van der Waals surface area contributed by atoms with Gasteiger partial charge in [0.15, 0.2) is 0 Å². The summed E-state index contributed by atoms with van der Waals surface area (Å²) < 4.78 is 14.3. The van der Waals surface area contributed by atoms with Gasteiger partial charge in [0.1, 0.15) is 11.5 Å². The third kappa shape index (κ3) is 1.69. The molecule has 0 aliphatic heterocycles. The minimum atomic E-state index is -0.561. The van der Waals surface area contributed by atoms with Gasteiger partial charge < -0.3 is 4.57 Å². The fourth-order valence-corrected chi connectivity index (χ4v) is 1.26. The Morgan fingerprint density at radius 1 is 1.47 bits per heavy atom. The molecule has 0 saturated heterocycles. The highest BCUT2D eigenvalue weighted by molar-refractivity contribution is 5.52. The zero-order valence-electron chi connectivity index (χ0n) is 7.50. The van der Waals surface area contributed by atoms with Crippen molar-refractivity contribution in [3.05, 3.63) is 52.9 Å². The SMILES string of the molecule is O=[N+]([O-])c1ccc(F)cc1-n1ccnc1. The number of hydrogen-bond acceptors (Lipinski definition) is 3. The molecule has 1 heterocycles. The highest BCUT2D eigenvalue weighted by atomic mass is 19.1. The van der Waals surface area contributed by atoms with Crippen LogP contribution in [-0.2, 0) is 0 Å². The summed E-state index contributed by atoms with van der Waals surface area (Å²) >= 11 is 0. The summed E-state index contributed by atoms with van der Waals surface area (Å²) in [4.78, 5) is 13.9. The Bertz CT molecular complexity index is 496. The Morgan fingerprint density at radius 2 is 2.27 bits per heavy atom. The molecule has 0 spiro atoms. The molecule has 1 aromatic carbocycles. The Balaban J connectivity index is 2.63. The average molecular weight is 207 g/mol. The summed E-state index contributed by atoms with van der Waals surface area (Å²) in [6, 6.07) is 3.28. The molecule has 0 atom stereocenters. The highest BCUT2D eigenvalue weighted by Gasteiger charge is 2.15. The average Bonchev–Trinajstić information content (AvgIpc) is 2.69. The molecule has 76 valence electrons. The van der Waals surface area contributed by atoms with Gasteiger partial charge in [-0.2, -0.15) is 0 Å². The lowest BCUT2D eigenvalue weighted by atomic mass is 10.2.